The molecule has 0 aliphatic heterocycles. The van der Waals surface area contributed by atoms with Crippen molar-refractivity contribution in [3.05, 3.63) is 18.3 Å². The molecule has 1 aromatic rings. The maximum atomic E-state index is 11.9. The Hall–Kier alpha value is -1.62. The van der Waals surface area contributed by atoms with Crippen molar-refractivity contribution in [1.29, 1.82) is 0 Å². The molecule has 0 radical (unpaired) electrons. The van der Waals surface area contributed by atoms with Crippen LogP contribution in [-0.4, -0.2) is 16.4 Å². The van der Waals surface area contributed by atoms with E-state index in [1.165, 1.54) is 6.20 Å². The molecule has 5 nitrogen and oxygen atoms in total. The minimum atomic E-state index is -0.707. The number of pyridine rings is 1. The molecule has 5 N–H and O–H groups in total. The van der Waals surface area contributed by atoms with Gasteiger partial charge < -0.3 is 16.8 Å². The Kier molecular flexibility index (Phi) is 2.78. The molecule has 1 amide bonds. The van der Waals surface area contributed by atoms with Crippen molar-refractivity contribution >= 4 is 17.4 Å². The number of anilines is 2. The Morgan fingerprint density at radius 1 is 1.38 bits per heavy atom. The fourth-order valence-corrected chi connectivity index (χ4v) is 1.97. The van der Waals surface area contributed by atoms with Gasteiger partial charge in [-0.05, 0) is 25.0 Å². The normalized spacial score (nSPS) is 18.3. The number of amides is 1. The highest BCUT2D eigenvalue weighted by Gasteiger charge is 2.36. The van der Waals surface area contributed by atoms with Crippen LogP contribution in [-0.2, 0) is 4.79 Å². The highest BCUT2D eigenvalue weighted by molar-refractivity contribution is 5.98. The Bertz CT molecular complexity index is 381. The second-order valence-electron chi connectivity index (χ2n) is 4.29. The van der Waals surface area contributed by atoms with E-state index in [1.807, 2.05) is 0 Å². The molecule has 0 spiro atoms. The van der Waals surface area contributed by atoms with Gasteiger partial charge in [0.2, 0.25) is 5.91 Å². The number of rotatable bonds is 2. The summed E-state index contributed by atoms with van der Waals surface area (Å²) in [6.07, 6.45) is 5.07. The van der Waals surface area contributed by atoms with Crippen LogP contribution in [0.4, 0.5) is 11.5 Å². The average Bonchev–Trinajstić information content (AvgIpc) is 2.70. The van der Waals surface area contributed by atoms with Crippen molar-refractivity contribution in [2.45, 2.75) is 31.2 Å². The van der Waals surface area contributed by atoms with E-state index in [9.17, 15) is 4.79 Å². The third-order valence-corrected chi connectivity index (χ3v) is 2.99. The van der Waals surface area contributed by atoms with Crippen molar-refractivity contribution in [1.82, 2.24) is 4.98 Å². The summed E-state index contributed by atoms with van der Waals surface area (Å²) in [5, 5.41) is 2.77. The first-order valence-electron chi connectivity index (χ1n) is 5.42. The van der Waals surface area contributed by atoms with E-state index in [-0.39, 0.29) is 5.91 Å². The molecule has 1 aromatic heterocycles. The van der Waals surface area contributed by atoms with Crippen LogP contribution in [0.3, 0.4) is 0 Å². The zero-order valence-corrected chi connectivity index (χ0v) is 9.07. The van der Waals surface area contributed by atoms with E-state index in [4.69, 9.17) is 11.5 Å². The van der Waals surface area contributed by atoms with E-state index in [0.29, 0.717) is 11.5 Å². The number of hydrogen-bond acceptors (Lipinski definition) is 4. The van der Waals surface area contributed by atoms with Gasteiger partial charge in [-0.15, -0.1) is 0 Å². The molecule has 1 heterocycles. The summed E-state index contributed by atoms with van der Waals surface area (Å²) < 4.78 is 0. The smallest absolute Gasteiger partial charge is 0.244 e. The van der Waals surface area contributed by atoms with Crippen LogP contribution < -0.4 is 16.8 Å². The Balaban J connectivity index is 2.04. The molecule has 0 bridgehead atoms. The molecule has 5 heteroatoms. The first kappa shape index (κ1) is 10.9. The third kappa shape index (κ3) is 2.14. The van der Waals surface area contributed by atoms with Crippen LogP contribution in [0.5, 0.6) is 0 Å². The van der Waals surface area contributed by atoms with Crippen LogP contribution in [0, 0.1) is 0 Å². The number of nitrogens with one attached hydrogen (secondary N) is 1. The van der Waals surface area contributed by atoms with Gasteiger partial charge in [-0.3, -0.25) is 4.79 Å². The van der Waals surface area contributed by atoms with Gasteiger partial charge in [-0.25, -0.2) is 4.98 Å². The third-order valence-electron chi connectivity index (χ3n) is 2.99. The van der Waals surface area contributed by atoms with Gasteiger partial charge in [0.15, 0.2) is 0 Å². The largest absolute Gasteiger partial charge is 0.384 e. The summed E-state index contributed by atoms with van der Waals surface area (Å²) >= 11 is 0. The van der Waals surface area contributed by atoms with Crippen molar-refractivity contribution < 1.29 is 4.79 Å². The molecule has 1 aliphatic carbocycles. The van der Waals surface area contributed by atoms with Crippen molar-refractivity contribution in [3.8, 4) is 0 Å². The predicted octanol–water partition coefficient (Wildman–Crippen LogP) is 0.874. The second kappa shape index (κ2) is 4.09. The minimum absolute atomic E-state index is 0.128. The fourth-order valence-electron chi connectivity index (χ4n) is 1.97. The van der Waals surface area contributed by atoms with Crippen molar-refractivity contribution in [3.63, 3.8) is 0 Å². The van der Waals surface area contributed by atoms with Gasteiger partial charge in [0.1, 0.15) is 5.82 Å². The molecule has 1 aliphatic rings. The Morgan fingerprint density at radius 3 is 2.62 bits per heavy atom. The molecule has 1 saturated carbocycles. The molecular formula is C11H16N4O. The summed E-state index contributed by atoms with van der Waals surface area (Å²) in [5.74, 6) is 0.304. The SMILES string of the molecule is Nc1ccc(NC(=O)C2(N)CCCC2)cn1. The van der Waals surface area contributed by atoms with E-state index < -0.39 is 5.54 Å². The van der Waals surface area contributed by atoms with Gasteiger partial charge in [0.25, 0.3) is 0 Å². The lowest BCUT2D eigenvalue weighted by Crippen LogP contribution is -2.48. The van der Waals surface area contributed by atoms with Crippen LogP contribution in [0.25, 0.3) is 0 Å². The van der Waals surface area contributed by atoms with E-state index >= 15 is 0 Å². The zero-order chi connectivity index (χ0) is 11.6. The summed E-state index contributed by atoms with van der Waals surface area (Å²) in [7, 11) is 0. The fraction of sp³-hybridized carbons (Fsp3) is 0.455. The van der Waals surface area contributed by atoms with Crippen LogP contribution in [0.2, 0.25) is 0 Å². The molecule has 16 heavy (non-hydrogen) atoms. The highest BCUT2D eigenvalue weighted by Crippen LogP contribution is 2.28. The first-order chi connectivity index (χ1) is 7.60. The maximum absolute atomic E-state index is 11.9. The molecule has 0 unspecified atom stereocenters. The molecule has 1 fully saturated rings. The quantitative estimate of drug-likeness (QED) is 0.689. The minimum Gasteiger partial charge on any atom is -0.384 e. The van der Waals surface area contributed by atoms with Gasteiger partial charge in [0, 0.05) is 0 Å². The molecule has 0 aromatic carbocycles. The number of carbonyl (C=O) groups excluding carboxylic acids is 1. The highest BCUT2D eigenvalue weighted by atomic mass is 16.2. The first-order valence-corrected chi connectivity index (χ1v) is 5.42. The molecule has 86 valence electrons. The zero-order valence-electron chi connectivity index (χ0n) is 9.07. The van der Waals surface area contributed by atoms with Gasteiger partial charge >= 0.3 is 0 Å². The number of nitrogen functional groups attached to an aromatic ring is 1. The summed E-state index contributed by atoms with van der Waals surface area (Å²) in [6.45, 7) is 0. The van der Waals surface area contributed by atoms with Crippen LogP contribution >= 0.6 is 0 Å². The molecular weight excluding hydrogens is 204 g/mol. The lowest BCUT2D eigenvalue weighted by molar-refractivity contribution is -0.121. The second-order valence-corrected chi connectivity index (χ2v) is 4.29. The van der Waals surface area contributed by atoms with Crippen molar-refractivity contribution in [2.75, 3.05) is 11.1 Å². The molecule has 2 rings (SSSR count). The van der Waals surface area contributed by atoms with E-state index in [1.54, 1.807) is 12.1 Å². The number of hydrogen-bond donors (Lipinski definition) is 3. The van der Waals surface area contributed by atoms with Gasteiger partial charge in [0.05, 0.1) is 17.4 Å². The molecule has 0 atom stereocenters. The van der Waals surface area contributed by atoms with Crippen LogP contribution in [0.15, 0.2) is 18.3 Å². The monoisotopic (exact) mass is 220 g/mol. The number of carbonyl (C=O) groups is 1. The molecule has 0 saturated heterocycles. The Labute approximate surface area is 94.2 Å². The van der Waals surface area contributed by atoms with E-state index in [0.717, 1.165) is 25.7 Å². The maximum Gasteiger partial charge on any atom is 0.244 e. The number of nitrogens with zero attached hydrogens (tertiary/aromatic N) is 1. The number of nitrogens with two attached hydrogens (primary N) is 2. The van der Waals surface area contributed by atoms with Gasteiger partial charge in [-0.1, -0.05) is 12.8 Å². The number of aromatic nitrogens is 1. The van der Waals surface area contributed by atoms with E-state index in [2.05, 4.69) is 10.3 Å². The summed E-state index contributed by atoms with van der Waals surface area (Å²) in [5.41, 5.74) is 11.4. The standard InChI is InChI=1S/C11H16N4O/c12-9-4-3-8(7-14-9)15-10(16)11(13)5-1-2-6-11/h3-4,7H,1-2,5-6,13H2,(H2,12,14)(H,15,16). The lowest BCUT2D eigenvalue weighted by Gasteiger charge is -2.22. The summed E-state index contributed by atoms with van der Waals surface area (Å²) in [6, 6.07) is 3.37. The van der Waals surface area contributed by atoms with Crippen molar-refractivity contribution in [2.24, 2.45) is 5.73 Å². The predicted molar refractivity (Wildman–Crippen MR) is 62.7 cm³/mol. The van der Waals surface area contributed by atoms with Crippen LogP contribution in [0.1, 0.15) is 25.7 Å². The Morgan fingerprint density at radius 2 is 2.06 bits per heavy atom. The topological polar surface area (TPSA) is 94.0 Å². The lowest BCUT2D eigenvalue weighted by atomic mass is 9.98. The summed E-state index contributed by atoms with van der Waals surface area (Å²) in [4.78, 5) is 15.8. The average molecular weight is 220 g/mol. The van der Waals surface area contributed by atoms with Gasteiger partial charge in [-0.2, -0.15) is 0 Å².